The minimum atomic E-state index is -3.39. The van der Waals surface area contributed by atoms with Crippen LogP contribution in [0.4, 0.5) is 0 Å². The van der Waals surface area contributed by atoms with E-state index >= 15 is 0 Å². The highest BCUT2D eigenvalue weighted by molar-refractivity contribution is 7.55. The van der Waals surface area contributed by atoms with E-state index in [4.69, 9.17) is 35.7 Å². The zero-order valence-electron chi connectivity index (χ0n) is 18.7. The fourth-order valence-electron chi connectivity index (χ4n) is 1.80. The molecule has 0 aromatic carbocycles. The number of carbonyl (C=O) groups is 2. The van der Waals surface area contributed by atoms with E-state index in [0.29, 0.717) is 0 Å². The summed E-state index contributed by atoms with van der Waals surface area (Å²) in [5.41, 5.74) is 0. The number of hydrogen-bond donors (Lipinski definition) is 0. The number of rotatable bonds is 14. The van der Waals surface area contributed by atoms with Crippen LogP contribution >= 0.6 is 15.2 Å². The Labute approximate surface area is 184 Å². The maximum atomic E-state index is 11.9. The summed E-state index contributed by atoms with van der Waals surface area (Å²) < 4.78 is 52.7. The van der Waals surface area contributed by atoms with E-state index in [9.17, 15) is 18.7 Å². The van der Waals surface area contributed by atoms with Crippen molar-refractivity contribution in [3.8, 4) is 24.7 Å². The Morgan fingerprint density at radius 1 is 0.806 bits per heavy atom. The fourth-order valence-corrected chi connectivity index (χ4v) is 4.68. The van der Waals surface area contributed by atoms with Crippen molar-refractivity contribution in [3.05, 3.63) is 0 Å². The molecule has 0 spiro atoms. The average molecular weight is 482 g/mol. The molecular weight excluding hydrogens is 450 g/mol. The van der Waals surface area contributed by atoms with Crippen LogP contribution in [0.1, 0.15) is 34.6 Å². The van der Waals surface area contributed by atoms with Crippen molar-refractivity contribution in [2.45, 2.75) is 40.7 Å². The Bertz CT molecular complexity index is 687. The normalized spacial score (nSPS) is 11.8. The van der Waals surface area contributed by atoms with Crippen molar-refractivity contribution >= 4 is 27.1 Å². The van der Waals surface area contributed by atoms with Crippen LogP contribution in [0.25, 0.3) is 0 Å². The van der Waals surface area contributed by atoms with Gasteiger partial charge in [-0.1, -0.05) is 11.8 Å². The van der Waals surface area contributed by atoms with Crippen LogP contribution in [0.2, 0.25) is 0 Å². The molecule has 1 unspecified atom stereocenters. The Morgan fingerprint density at radius 3 is 1.52 bits per heavy atom. The average Bonchev–Trinajstić information content (AvgIpc) is 2.66. The second kappa shape index (κ2) is 18.0. The number of carbonyl (C=O) groups excluding carboxylic acids is 2. The molecular formula is C19H32O10P2. The van der Waals surface area contributed by atoms with Crippen molar-refractivity contribution < 1.29 is 46.3 Å². The van der Waals surface area contributed by atoms with Gasteiger partial charge in [-0.3, -0.25) is 18.7 Å². The summed E-state index contributed by atoms with van der Waals surface area (Å²) in [5, 5.41) is 0. The van der Waals surface area contributed by atoms with Gasteiger partial charge in [-0.05, 0) is 34.6 Å². The molecule has 0 saturated carbocycles. The van der Waals surface area contributed by atoms with Gasteiger partial charge in [-0.2, -0.15) is 0 Å². The molecule has 0 fully saturated rings. The Morgan fingerprint density at radius 2 is 1.19 bits per heavy atom. The first-order chi connectivity index (χ1) is 14.5. The second-order valence-corrected chi connectivity index (χ2v) is 9.48. The van der Waals surface area contributed by atoms with E-state index in [1.54, 1.807) is 34.6 Å². The van der Waals surface area contributed by atoms with Crippen molar-refractivity contribution in [2.24, 2.45) is 0 Å². The van der Waals surface area contributed by atoms with Gasteiger partial charge in [0, 0.05) is 0 Å². The Balaban J connectivity index is 0. The number of hydrogen-bond acceptors (Lipinski definition) is 10. The van der Waals surface area contributed by atoms with Crippen LogP contribution in [0.15, 0.2) is 0 Å². The van der Waals surface area contributed by atoms with Crippen LogP contribution < -0.4 is 0 Å². The summed E-state index contributed by atoms with van der Waals surface area (Å²) in [6.45, 7) is 8.89. The monoisotopic (exact) mass is 482 g/mol. The maximum absolute atomic E-state index is 11.9. The number of esters is 2. The molecule has 0 bridgehead atoms. The molecule has 1 atom stereocenters. The van der Waals surface area contributed by atoms with Crippen molar-refractivity contribution in [2.75, 3.05) is 45.4 Å². The third-order valence-corrected chi connectivity index (χ3v) is 6.71. The lowest BCUT2D eigenvalue weighted by atomic mass is 10.4. The van der Waals surface area contributed by atoms with E-state index < -0.39 is 45.6 Å². The van der Waals surface area contributed by atoms with E-state index in [0.717, 1.165) is 0 Å². The lowest BCUT2D eigenvalue weighted by molar-refractivity contribution is -0.143. The maximum Gasteiger partial charge on any atom is 0.341 e. The molecule has 0 rings (SSSR count). The SMILES string of the molecule is C#CC(C)OC(=O)CP(=O)(OCC)OCC.C#CCOC(=O)CP(=O)(OCC)OCC. The Hall–Kier alpha value is -1.64. The minimum absolute atomic E-state index is 0.142. The quantitative estimate of drug-likeness (QED) is 0.207. The second-order valence-electron chi connectivity index (χ2n) is 5.37. The van der Waals surface area contributed by atoms with Crippen LogP contribution in [0.3, 0.4) is 0 Å². The molecule has 0 aliphatic rings. The Kier molecular flexibility index (Phi) is 18.3. The van der Waals surface area contributed by atoms with Crippen LogP contribution in [0, 0.1) is 24.7 Å². The molecule has 10 nitrogen and oxygen atoms in total. The van der Waals surface area contributed by atoms with E-state index in [1.165, 1.54) is 0 Å². The first-order valence-electron chi connectivity index (χ1n) is 9.56. The molecule has 0 N–H and O–H groups in total. The van der Waals surface area contributed by atoms with Crippen molar-refractivity contribution in [1.29, 1.82) is 0 Å². The summed E-state index contributed by atoms with van der Waals surface area (Å²) in [6.07, 6.45) is 8.47. The summed E-state index contributed by atoms with van der Waals surface area (Å²) in [4.78, 5) is 22.4. The van der Waals surface area contributed by atoms with Crippen molar-refractivity contribution in [3.63, 3.8) is 0 Å². The van der Waals surface area contributed by atoms with Crippen LogP contribution in [-0.4, -0.2) is 63.4 Å². The molecule has 0 aliphatic heterocycles. The van der Waals surface area contributed by atoms with Crippen molar-refractivity contribution in [1.82, 2.24) is 0 Å². The molecule has 0 radical (unpaired) electrons. The van der Waals surface area contributed by atoms with Gasteiger partial charge in [-0.15, -0.1) is 12.8 Å². The largest absolute Gasteiger partial charge is 0.452 e. The molecule has 0 aliphatic carbocycles. The molecule has 0 aromatic heterocycles. The van der Waals surface area contributed by atoms with Gasteiger partial charge in [0.05, 0.1) is 26.4 Å². The highest BCUT2D eigenvalue weighted by Gasteiger charge is 2.29. The molecule has 0 saturated heterocycles. The summed E-state index contributed by atoms with van der Waals surface area (Å²) in [6, 6.07) is 0. The van der Waals surface area contributed by atoms with Gasteiger partial charge < -0.3 is 27.6 Å². The van der Waals surface area contributed by atoms with Gasteiger partial charge >= 0.3 is 27.1 Å². The fraction of sp³-hybridized carbons (Fsp3) is 0.684. The number of terminal acetylenes is 2. The molecule has 12 heteroatoms. The third kappa shape index (κ3) is 16.7. The zero-order valence-corrected chi connectivity index (χ0v) is 20.4. The highest BCUT2D eigenvalue weighted by atomic mass is 31.2. The molecule has 178 valence electrons. The van der Waals surface area contributed by atoms with Crippen LogP contribution in [0.5, 0.6) is 0 Å². The lowest BCUT2D eigenvalue weighted by Gasteiger charge is -2.16. The van der Waals surface area contributed by atoms with E-state index in [1.807, 2.05) is 0 Å². The summed E-state index contributed by atoms with van der Waals surface area (Å²) >= 11 is 0. The standard InChI is InChI=1S/C10H17O5P.C9H15O5P/c1-5-9(4)15-10(11)8-16(12,13-6-2)14-7-3;1-4-7-12-9(10)8-15(11,13-5-2)14-6-3/h1,9H,6-8H2,2-4H3;1H,5-8H2,2-3H3. The third-order valence-electron chi connectivity index (χ3n) is 2.81. The van der Waals surface area contributed by atoms with E-state index in [-0.39, 0.29) is 33.0 Å². The smallest absolute Gasteiger partial charge is 0.341 e. The summed E-state index contributed by atoms with van der Waals surface area (Å²) in [7, 11) is -6.74. The molecule has 31 heavy (non-hydrogen) atoms. The molecule has 0 aromatic rings. The van der Waals surface area contributed by atoms with Gasteiger partial charge in [0.25, 0.3) is 0 Å². The first kappa shape index (κ1) is 31.5. The van der Waals surface area contributed by atoms with Crippen LogP contribution in [-0.2, 0) is 46.3 Å². The lowest BCUT2D eigenvalue weighted by Crippen LogP contribution is -2.18. The predicted molar refractivity (Wildman–Crippen MR) is 116 cm³/mol. The predicted octanol–water partition coefficient (Wildman–Crippen LogP) is 3.25. The first-order valence-corrected chi connectivity index (χ1v) is 13.0. The zero-order chi connectivity index (χ0) is 24.3. The van der Waals surface area contributed by atoms with Gasteiger partial charge in [0.15, 0.2) is 12.7 Å². The minimum Gasteiger partial charge on any atom is -0.452 e. The highest BCUT2D eigenvalue weighted by Crippen LogP contribution is 2.48. The number of ether oxygens (including phenoxy) is 2. The van der Waals surface area contributed by atoms with Gasteiger partial charge in [0.2, 0.25) is 0 Å². The van der Waals surface area contributed by atoms with E-state index in [2.05, 4.69) is 16.6 Å². The molecule has 0 heterocycles. The van der Waals surface area contributed by atoms with Gasteiger partial charge in [-0.25, -0.2) is 0 Å². The van der Waals surface area contributed by atoms with Gasteiger partial charge in [0.1, 0.15) is 12.3 Å². The topological polar surface area (TPSA) is 124 Å². The summed E-state index contributed by atoms with van der Waals surface area (Å²) in [5.74, 6) is 3.00. The molecule has 0 amide bonds.